The minimum Gasteiger partial charge on any atom is -0.488 e. The Morgan fingerprint density at radius 2 is 2.17 bits per heavy atom. The van der Waals surface area contributed by atoms with Gasteiger partial charge in [-0.2, -0.15) is 0 Å². The van der Waals surface area contributed by atoms with Gasteiger partial charge in [-0.15, -0.1) is 0 Å². The molecule has 1 heterocycles. The summed E-state index contributed by atoms with van der Waals surface area (Å²) in [5, 5.41) is 6.99. The largest absolute Gasteiger partial charge is 0.488 e. The molecule has 0 unspecified atom stereocenters. The fraction of sp³-hybridized carbons (Fsp3) is 0.400. The second-order valence-corrected chi connectivity index (χ2v) is 5.45. The van der Waals surface area contributed by atoms with Gasteiger partial charge in [0.05, 0.1) is 6.10 Å². The molecule has 0 atom stereocenters. The highest BCUT2D eigenvalue weighted by Crippen LogP contribution is 2.29. The van der Waals surface area contributed by atoms with Crippen LogP contribution in [0.1, 0.15) is 23.3 Å². The third-order valence-electron chi connectivity index (χ3n) is 2.38. The van der Waals surface area contributed by atoms with Gasteiger partial charge in [-0.1, -0.05) is 0 Å². The van der Waals surface area contributed by atoms with Crippen LogP contribution in [0.4, 0.5) is 0 Å². The second-order valence-electron chi connectivity index (χ2n) is 3.94. The van der Waals surface area contributed by atoms with E-state index < -0.39 is 15.9 Å². The molecule has 8 heteroatoms. The first-order chi connectivity index (χ1) is 8.41. The fourth-order valence-electron chi connectivity index (χ4n) is 1.33. The number of carbonyl (C=O) groups excluding carboxylic acids is 1. The SMILES string of the molecule is CNC(=O)c1nc(S(N)(=O)=O)ccc1OC1CC1. The van der Waals surface area contributed by atoms with Gasteiger partial charge >= 0.3 is 0 Å². The van der Waals surface area contributed by atoms with Crippen LogP contribution in [0.25, 0.3) is 0 Å². The summed E-state index contributed by atoms with van der Waals surface area (Å²) in [5.74, 6) is -0.250. The van der Waals surface area contributed by atoms with Crippen LogP contribution in [-0.4, -0.2) is 32.5 Å². The number of sulfonamides is 1. The summed E-state index contributed by atoms with van der Waals surface area (Å²) in [7, 11) is -2.52. The lowest BCUT2D eigenvalue weighted by Gasteiger charge is -2.10. The number of hydrogen-bond acceptors (Lipinski definition) is 5. The van der Waals surface area contributed by atoms with Crippen LogP contribution in [0.2, 0.25) is 0 Å². The molecular formula is C10H13N3O4S. The van der Waals surface area contributed by atoms with Gasteiger partial charge in [0.25, 0.3) is 15.9 Å². The van der Waals surface area contributed by atoms with E-state index in [-0.39, 0.29) is 22.6 Å². The number of amides is 1. The highest BCUT2D eigenvalue weighted by atomic mass is 32.2. The first-order valence-corrected chi connectivity index (χ1v) is 6.89. The van der Waals surface area contributed by atoms with Crippen molar-refractivity contribution in [3.8, 4) is 5.75 Å². The maximum absolute atomic E-state index is 11.6. The van der Waals surface area contributed by atoms with Gasteiger partial charge in [0.15, 0.2) is 16.5 Å². The van der Waals surface area contributed by atoms with E-state index in [0.717, 1.165) is 12.8 Å². The number of rotatable bonds is 4. The Morgan fingerprint density at radius 1 is 1.50 bits per heavy atom. The van der Waals surface area contributed by atoms with Crippen molar-refractivity contribution >= 4 is 15.9 Å². The molecule has 1 fully saturated rings. The van der Waals surface area contributed by atoms with Crippen molar-refractivity contribution in [3.05, 3.63) is 17.8 Å². The standard InChI is InChI=1S/C10H13N3O4S/c1-12-10(14)9-7(17-6-2-3-6)4-5-8(13-9)18(11,15)16/h4-6H,2-3H2,1H3,(H,12,14)(H2,11,15,16). The fourth-order valence-corrected chi connectivity index (χ4v) is 1.80. The molecule has 3 N–H and O–H groups in total. The van der Waals surface area contributed by atoms with Crippen molar-refractivity contribution in [3.63, 3.8) is 0 Å². The lowest BCUT2D eigenvalue weighted by molar-refractivity contribution is 0.0952. The average Bonchev–Trinajstić information content (AvgIpc) is 3.11. The maximum atomic E-state index is 11.6. The van der Waals surface area contributed by atoms with Gasteiger partial charge < -0.3 is 10.1 Å². The second kappa shape index (κ2) is 4.54. The summed E-state index contributed by atoms with van der Waals surface area (Å²) in [5.41, 5.74) is -0.0732. The minimum absolute atomic E-state index is 0.0732. The first kappa shape index (κ1) is 12.8. The summed E-state index contributed by atoms with van der Waals surface area (Å²) in [6, 6.07) is 2.62. The summed E-state index contributed by atoms with van der Waals surface area (Å²) in [6.07, 6.45) is 1.92. The smallest absolute Gasteiger partial charge is 0.273 e. The third kappa shape index (κ3) is 2.77. The summed E-state index contributed by atoms with van der Waals surface area (Å²) in [4.78, 5) is 15.4. The number of nitrogens with one attached hydrogen (secondary N) is 1. The Labute approximate surface area is 104 Å². The summed E-state index contributed by atoms with van der Waals surface area (Å²) in [6.45, 7) is 0. The summed E-state index contributed by atoms with van der Waals surface area (Å²) >= 11 is 0. The number of aromatic nitrogens is 1. The molecule has 0 aliphatic heterocycles. The number of ether oxygens (including phenoxy) is 1. The zero-order chi connectivity index (χ0) is 13.3. The molecule has 0 saturated heterocycles. The highest BCUT2D eigenvalue weighted by Gasteiger charge is 2.27. The van der Waals surface area contributed by atoms with Gasteiger partial charge in [0, 0.05) is 7.05 Å². The first-order valence-electron chi connectivity index (χ1n) is 5.34. The van der Waals surface area contributed by atoms with E-state index in [0.29, 0.717) is 0 Å². The number of primary sulfonamides is 1. The topological polar surface area (TPSA) is 111 Å². The van der Waals surface area contributed by atoms with Gasteiger partial charge in [-0.3, -0.25) is 4.79 Å². The molecule has 1 saturated carbocycles. The predicted molar refractivity (Wildman–Crippen MR) is 62.7 cm³/mol. The van der Waals surface area contributed by atoms with Crippen LogP contribution in [-0.2, 0) is 10.0 Å². The molecule has 18 heavy (non-hydrogen) atoms. The molecule has 0 spiro atoms. The number of nitrogens with zero attached hydrogens (tertiary/aromatic N) is 1. The van der Waals surface area contributed by atoms with Crippen LogP contribution in [0.5, 0.6) is 5.75 Å². The Bertz CT molecular complexity index is 581. The van der Waals surface area contributed by atoms with E-state index in [4.69, 9.17) is 9.88 Å². The van der Waals surface area contributed by atoms with Crippen molar-refractivity contribution in [1.82, 2.24) is 10.3 Å². The lowest BCUT2D eigenvalue weighted by Crippen LogP contribution is -2.23. The van der Waals surface area contributed by atoms with E-state index in [1.54, 1.807) is 0 Å². The number of hydrogen-bond donors (Lipinski definition) is 2. The normalized spacial score (nSPS) is 15.2. The van der Waals surface area contributed by atoms with Crippen LogP contribution >= 0.6 is 0 Å². The van der Waals surface area contributed by atoms with E-state index >= 15 is 0 Å². The number of carbonyl (C=O) groups is 1. The quantitative estimate of drug-likeness (QED) is 0.776. The van der Waals surface area contributed by atoms with E-state index in [9.17, 15) is 13.2 Å². The molecule has 1 aromatic rings. The molecule has 98 valence electrons. The minimum atomic E-state index is -3.94. The zero-order valence-corrected chi connectivity index (χ0v) is 10.5. The van der Waals surface area contributed by atoms with Crippen LogP contribution in [0, 0.1) is 0 Å². The predicted octanol–water partition coefficient (Wildman–Crippen LogP) is -0.370. The van der Waals surface area contributed by atoms with Crippen LogP contribution in [0.3, 0.4) is 0 Å². The molecule has 1 aliphatic rings. The Balaban J connectivity index is 2.43. The Kier molecular flexibility index (Phi) is 3.22. The van der Waals surface area contributed by atoms with Gasteiger partial charge in [-0.25, -0.2) is 18.5 Å². The van der Waals surface area contributed by atoms with Crippen molar-refractivity contribution in [2.45, 2.75) is 24.0 Å². The molecule has 1 aromatic heterocycles. The maximum Gasteiger partial charge on any atom is 0.273 e. The van der Waals surface area contributed by atoms with Crippen molar-refractivity contribution in [1.29, 1.82) is 0 Å². The van der Waals surface area contributed by atoms with E-state index in [2.05, 4.69) is 10.3 Å². The molecule has 7 nitrogen and oxygen atoms in total. The molecule has 1 aliphatic carbocycles. The molecule has 0 bridgehead atoms. The molecule has 0 radical (unpaired) electrons. The average molecular weight is 271 g/mol. The number of nitrogens with two attached hydrogens (primary N) is 1. The number of pyridine rings is 1. The monoisotopic (exact) mass is 271 g/mol. The zero-order valence-electron chi connectivity index (χ0n) is 9.71. The van der Waals surface area contributed by atoms with Crippen LogP contribution < -0.4 is 15.2 Å². The van der Waals surface area contributed by atoms with Gasteiger partial charge in [0.1, 0.15) is 0 Å². The van der Waals surface area contributed by atoms with E-state index in [1.165, 1.54) is 19.2 Å². The van der Waals surface area contributed by atoms with Gasteiger partial charge in [0.2, 0.25) is 0 Å². The summed E-state index contributed by atoms with van der Waals surface area (Å²) < 4.78 is 27.9. The molecule has 0 aromatic carbocycles. The molecule has 1 amide bonds. The van der Waals surface area contributed by atoms with Gasteiger partial charge in [-0.05, 0) is 25.0 Å². The Hall–Kier alpha value is -1.67. The van der Waals surface area contributed by atoms with Crippen molar-refractivity contribution in [2.75, 3.05) is 7.05 Å². The third-order valence-corrected chi connectivity index (χ3v) is 3.19. The van der Waals surface area contributed by atoms with Crippen LogP contribution in [0.15, 0.2) is 17.2 Å². The molecule has 2 rings (SSSR count). The Morgan fingerprint density at radius 3 is 2.67 bits per heavy atom. The van der Waals surface area contributed by atoms with Crippen molar-refractivity contribution in [2.24, 2.45) is 5.14 Å². The highest BCUT2D eigenvalue weighted by molar-refractivity contribution is 7.89. The molecular weight excluding hydrogens is 258 g/mol. The van der Waals surface area contributed by atoms with Crippen molar-refractivity contribution < 1.29 is 17.9 Å². The van der Waals surface area contributed by atoms with E-state index in [1.807, 2.05) is 0 Å². The lowest BCUT2D eigenvalue weighted by atomic mass is 10.3.